The van der Waals surface area contributed by atoms with Crippen LogP contribution in [-0.2, 0) is 0 Å². The molecule has 1 aromatic carbocycles. The molecule has 0 bridgehead atoms. The summed E-state index contributed by atoms with van der Waals surface area (Å²) in [6, 6.07) is 9.45. The van der Waals surface area contributed by atoms with Crippen LogP contribution in [-0.4, -0.2) is 13.0 Å². The monoisotopic (exact) mass is 233 g/mol. The molecule has 2 rings (SSSR count). The Morgan fingerprint density at radius 1 is 1.38 bits per heavy atom. The molecule has 0 atom stereocenters. The predicted molar refractivity (Wildman–Crippen MR) is 64.8 cm³/mol. The third-order valence-electron chi connectivity index (χ3n) is 2.27. The summed E-state index contributed by atoms with van der Waals surface area (Å²) in [5, 5.41) is 1.86. The number of ether oxygens (including phenoxy) is 1. The van der Waals surface area contributed by atoms with Crippen LogP contribution in [0.3, 0.4) is 0 Å². The third-order valence-corrected chi connectivity index (χ3v) is 3.20. The van der Waals surface area contributed by atoms with Crippen LogP contribution in [0.2, 0.25) is 0 Å². The molecule has 1 amide bonds. The van der Waals surface area contributed by atoms with E-state index in [1.165, 1.54) is 11.3 Å². The Labute approximate surface area is 97.5 Å². The summed E-state index contributed by atoms with van der Waals surface area (Å²) < 4.78 is 5.14. The van der Waals surface area contributed by atoms with Gasteiger partial charge in [0.1, 0.15) is 5.75 Å². The lowest BCUT2D eigenvalue weighted by Gasteiger charge is -2.04. The molecule has 0 unspecified atom stereocenters. The van der Waals surface area contributed by atoms with E-state index >= 15 is 0 Å². The first-order valence-electron chi connectivity index (χ1n) is 4.74. The van der Waals surface area contributed by atoms with Crippen molar-refractivity contribution in [2.75, 3.05) is 7.11 Å². The number of hydrogen-bond acceptors (Lipinski definition) is 3. The lowest BCUT2D eigenvalue weighted by atomic mass is 10.1. The van der Waals surface area contributed by atoms with Crippen molar-refractivity contribution < 1.29 is 9.53 Å². The minimum atomic E-state index is -0.396. The van der Waals surface area contributed by atoms with Gasteiger partial charge in [-0.25, -0.2) is 0 Å². The van der Waals surface area contributed by atoms with Gasteiger partial charge in [-0.05, 0) is 29.1 Å². The number of benzene rings is 1. The molecule has 4 heteroatoms. The summed E-state index contributed by atoms with van der Waals surface area (Å²) in [5.74, 6) is 0.368. The van der Waals surface area contributed by atoms with Crippen LogP contribution in [0, 0.1) is 0 Å². The number of methoxy groups -OCH3 is 1. The van der Waals surface area contributed by atoms with Crippen LogP contribution < -0.4 is 10.5 Å². The lowest BCUT2D eigenvalue weighted by molar-refractivity contribution is 0.100. The summed E-state index contributed by atoms with van der Waals surface area (Å²) in [5.41, 5.74) is 7.10. The van der Waals surface area contributed by atoms with Crippen molar-refractivity contribution in [3.8, 4) is 16.9 Å². The molecule has 82 valence electrons. The van der Waals surface area contributed by atoms with Gasteiger partial charge in [0.25, 0.3) is 5.91 Å². The second-order valence-corrected chi connectivity index (χ2v) is 4.18. The van der Waals surface area contributed by atoms with Gasteiger partial charge in [0.15, 0.2) is 0 Å². The minimum absolute atomic E-state index is 0.396. The van der Waals surface area contributed by atoms with Crippen molar-refractivity contribution >= 4 is 17.2 Å². The van der Waals surface area contributed by atoms with Gasteiger partial charge in [-0.1, -0.05) is 12.1 Å². The molecule has 0 spiro atoms. The molecule has 1 heterocycles. The zero-order valence-electron chi connectivity index (χ0n) is 8.77. The SMILES string of the molecule is COc1cccc(-c2ccsc2C(N)=O)c1. The fourth-order valence-electron chi connectivity index (χ4n) is 1.52. The van der Waals surface area contributed by atoms with Gasteiger partial charge in [-0.15, -0.1) is 11.3 Å². The molecule has 1 aromatic heterocycles. The summed E-state index contributed by atoms with van der Waals surface area (Å²) in [7, 11) is 1.61. The van der Waals surface area contributed by atoms with Gasteiger partial charge < -0.3 is 10.5 Å². The van der Waals surface area contributed by atoms with E-state index in [0.717, 1.165) is 16.9 Å². The maximum Gasteiger partial charge on any atom is 0.259 e. The van der Waals surface area contributed by atoms with Gasteiger partial charge in [0.2, 0.25) is 0 Å². The summed E-state index contributed by atoms with van der Waals surface area (Å²) in [4.78, 5) is 11.8. The number of nitrogens with two attached hydrogens (primary N) is 1. The zero-order valence-corrected chi connectivity index (χ0v) is 9.58. The minimum Gasteiger partial charge on any atom is -0.497 e. The van der Waals surface area contributed by atoms with E-state index in [1.54, 1.807) is 7.11 Å². The van der Waals surface area contributed by atoms with Crippen LogP contribution in [0.4, 0.5) is 0 Å². The van der Waals surface area contributed by atoms with Crippen LogP contribution >= 0.6 is 11.3 Å². The second-order valence-electron chi connectivity index (χ2n) is 3.26. The molecule has 0 aliphatic carbocycles. The Morgan fingerprint density at radius 3 is 2.88 bits per heavy atom. The van der Waals surface area contributed by atoms with Crippen LogP contribution in [0.25, 0.3) is 11.1 Å². The van der Waals surface area contributed by atoms with E-state index in [2.05, 4.69) is 0 Å². The number of rotatable bonds is 3. The molecule has 0 aliphatic heterocycles. The van der Waals surface area contributed by atoms with Crippen LogP contribution in [0.5, 0.6) is 5.75 Å². The van der Waals surface area contributed by atoms with Crippen LogP contribution in [0.1, 0.15) is 9.67 Å². The molecule has 3 nitrogen and oxygen atoms in total. The first-order valence-corrected chi connectivity index (χ1v) is 5.62. The number of thiophene rings is 1. The topological polar surface area (TPSA) is 52.3 Å². The molecule has 0 radical (unpaired) electrons. The van der Waals surface area contributed by atoms with Crippen molar-refractivity contribution in [2.45, 2.75) is 0 Å². The molecule has 2 N–H and O–H groups in total. The maximum atomic E-state index is 11.2. The Morgan fingerprint density at radius 2 is 2.19 bits per heavy atom. The standard InChI is InChI=1S/C12H11NO2S/c1-15-9-4-2-3-8(7-9)10-5-6-16-11(10)12(13)14/h2-7H,1H3,(H2,13,14). The molecule has 0 saturated carbocycles. The molecule has 2 aromatic rings. The largest absolute Gasteiger partial charge is 0.497 e. The van der Waals surface area contributed by atoms with Crippen molar-refractivity contribution in [3.05, 3.63) is 40.6 Å². The normalized spacial score (nSPS) is 10.1. The van der Waals surface area contributed by atoms with E-state index in [9.17, 15) is 4.79 Å². The summed E-state index contributed by atoms with van der Waals surface area (Å²) in [6.45, 7) is 0. The lowest BCUT2D eigenvalue weighted by Crippen LogP contribution is -2.09. The fourth-order valence-corrected chi connectivity index (χ4v) is 2.29. The van der Waals surface area contributed by atoms with E-state index in [0.29, 0.717) is 4.88 Å². The van der Waals surface area contributed by atoms with Gasteiger partial charge in [-0.2, -0.15) is 0 Å². The number of carbonyl (C=O) groups is 1. The van der Waals surface area contributed by atoms with Crippen molar-refractivity contribution in [2.24, 2.45) is 5.73 Å². The van der Waals surface area contributed by atoms with Gasteiger partial charge in [-0.3, -0.25) is 4.79 Å². The molecule has 0 aliphatic rings. The number of carbonyl (C=O) groups excluding carboxylic acids is 1. The van der Waals surface area contributed by atoms with E-state index in [-0.39, 0.29) is 0 Å². The fraction of sp³-hybridized carbons (Fsp3) is 0.0833. The smallest absolute Gasteiger partial charge is 0.259 e. The number of hydrogen-bond donors (Lipinski definition) is 1. The highest BCUT2D eigenvalue weighted by molar-refractivity contribution is 7.12. The number of amides is 1. The number of primary amides is 1. The van der Waals surface area contributed by atoms with E-state index in [4.69, 9.17) is 10.5 Å². The summed E-state index contributed by atoms with van der Waals surface area (Å²) in [6.07, 6.45) is 0. The molecule has 16 heavy (non-hydrogen) atoms. The Bertz CT molecular complexity index is 519. The highest BCUT2D eigenvalue weighted by Gasteiger charge is 2.11. The maximum absolute atomic E-state index is 11.2. The highest BCUT2D eigenvalue weighted by atomic mass is 32.1. The molecular weight excluding hydrogens is 222 g/mol. The van der Waals surface area contributed by atoms with Gasteiger partial charge in [0.05, 0.1) is 12.0 Å². The molecule has 0 saturated heterocycles. The Kier molecular flexibility index (Phi) is 2.92. The predicted octanol–water partition coefficient (Wildman–Crippen LogP) is 2.52. The average Bonchev–Trinajstić information content (AvgIpc) is 2.78. The van der Waals surface area contributed by atoms with Crippen LogP contribution in [0.15, 0.2) is 35.7 Å². The third kappa shape index (κ3) is 1.92. The summed E-state index contributed by atoms with van der Waals surface area (Å²) >= 11 is 1.35. The van der Waals surface area contributed by atoms with E-state index < -0.39 is 5.91 Å². The molecular formula is C12H11NO2S. The Balaban J connectivity index is 2.50. The second kappa shape index (κ2) is 4.37. The molecule has 0 fully saturated rings. The average molecular weight is 233 g/mol. The zero-order chi connectivity index (χ0) is 11.5. The van der Waals surface area contributed by atoms with Crippen molar-refractivity contribution in [3.63, 3.8) is 0 Å². The first-order chi connectivity index (χ1) is 7.72. The van der Waals surface area contributed by atoms with Gasteiger partial charge in [0, 0.05) is 5.56 Å². The highest BCUT2D eigenvalue weighted by Crippen LogP contribution is 2.30. The van der Waals surface area contributed by atoms with Crippen molar-refractivity contribution in [1.82, 2.24) is 0 Å². The quantitative estimate of drug-likeness (QED) is 0.885. The van der Waals surface area contributed by atoms with Gasteiger partial charge >= 0.3 is 0 Å². The Hall–Kier alpha value is -1.81. The van der Waals surface area contributed by atoms with Crippen molar-refractivity contribution in [1.29, 1.82) is 0 Å². The van der Waals surface area contributed by atoms with E-state index in [1.807, 2.05) is 35.7 Å². The first kappa shape index (κ1) is 10.7.